The van der Waals surface area contributed by atoms with Crippen molar-refractivity contribution in [2.45, 2.75) is 65.2 Å². The fourth-order valence-electron chi connectivity index (χ4n) is 1.67. The molecule has 0 bridgehead atoms. The lowest BCUT2D eigenvalue weighted by molar-refractivity contribution is 0.239. The quantitative estimate of drug-likeness (QED) is 0.730. The molecule has 0 aliphatic carbocycles. The van der Waals surface area contributed by atoms with Crippen molar-refractivity contribution in [3.63, 3.8) is 0 Å². The van der Waals surface area contributed by atoms with Gasteiger partial charge in [-0.2, -0.15) is 0 Å². The van der Waals surface area contributed by atoms with E-state index in [1.807, 2.05) is 0 Å². The molecule has 1 heterocycles. The van der Waals surface area contributed by atoms with Gasteiger partial charge < -0.3 is 13.3 Å². The third-order valence-electron chi connectivity index (χ3n) is 2.14. The topological polar surface area (TPSA) is 52.4 Å². The van der Waals surface area contributed by atoms with Crippen molar-refractivity contribution in [2.75, 3.05) is 6.54 Å². The zero-order chi connectivity index (χ0) is 16.5. The van der Waals surface area contributed by atoms with Crippen LogP contribution in [0.15, 0.2) is 9.98 Å². The highest BCUT2D eigenvalue weighted by atomic mass is 28.4. The average molecular weight is 347 g/mol. The first-order valence-corrected chi connectivity index (χ1v) is 17.6. The van der Waals surface area contributed by atoms with Crippen molar-refractivity contribution in [1.82, 2.24) is 0 Å². The third-order valence-corrected chi connectivity index (χ3v) is 4.74. The molecule has 1 unspecified atom stereocenters. The second kappa shape index (κ2) is 6.35. The Bertz CT molecular complexity index is 431. The van der Waals surface area contributed by atoms with Gasteiger partial charge in [-0.05, 0) is 58.9 Å². The number of aliphatic imine (C=N–C) groups is 2. The Morgan fingerprint density at radius 2 is 1.33 bits per heavy atom. The van der Waals surface area contributed by atoms with Gasteiger partial charge in [-0.25, -0.2) is 9.98 Å². The van der Waals surface area contributed by atoms with Gasteiger partial charge in [0.25, 0.3) is 0 Å². The van der Waals surface area contributed by atoms with E-state index in [9.17, 15) is 0 Å². The first-order valence-electron chi connectivity index (χ1n) is 7.42. The van der Waals surface area contributed by atoms with Gasteiger partial charge in [-0.3, -0.25) is 0 Å². The van der Waals surface area contributed by atoms with E-state index >= 15 is 0 Å². The SMILES string of the molecule is C[Si](C)(C)OC1=NC(O[Si](C)(C)C)C(O[Si](C)(C)C)=NC1. The molecule has 0 aromatic rings. The predicted molar refractivity (Wildman–Crippen MR) is 96.8 cm³/mol. The number of hydrogen-bond acceptors (Lipinski definition) is 5. The summed E-state index contributed by atoms with van der Waals surface area (Å²) in [6.07, 6.45) is -0.441. The molecule has 0 saturated heterocycles. The molecular weight excluding hydrogens is 316 g/mol. The normalized spacial score (nSPS) is 20.7. The minimum atomic E-state index is -1.75. The summed E-state index contributed by atoms with van der Waals surface area (Å²) in [7, 11) is -5.15. The van der Waals surface area contributed by atoms with Crippen molar-refractivity contribution < 1.29 is 13.3 Å². The van der Waals surface area contributed by atoms with Crippen LogP contribution in [0.25, 0.3) is 0 Å². The molecule has 1 atom stereocenters. The molecule has 122 valence electrons. The van der Waals surface area contributed by atoms with Gasteiger partial charge >= 0.3 is 0 Å². The molecule has 1 rings (SSSR count). The first-order chi connectivity index (χ1) is 9.25. The smallest absolute Gasteiger partial charge is 0.244 e. The van der Waals surface area contributed by atoms with Gasteiger partial charge in [0.1, 0.15) is 6.54 Å². The van der Waals surface area contributed by atoms with Crippen molar-refractivity contribution >= 4 is 36.7 Å². The highest BCUT2D eigenvalue weighted by Crippen LogP contribution is 2.18. The molecule has 0 aromatic heterocycles. The van der Waals surface area contributed by atoms with Crippen LogP contribution in [0.2, 0.25) is 58.9 Å². The number of nitrogens with zero attached hydrogens (tertiary/aromatic N) is 2. The van der Waals surface area contributed by atoms with E-state index in [0.29, 0.717) is 18.3 Å². The fourth-order valence-corrected chi connectivity index (χ4v) is 4.11. The standard InChI is InChI=1S/C13H30N2O3Si3/c1-19(2,3)16-11-10-14-12(17-20(4,5)6)13(15-11)18-21(7,8)9/h13H,10H2,1-9H3. The average Bonchev–Trinajstić information content (AvgIpc) is 2.15. The van der Waals surface area contributed by atoms with E-state index in [1.165, 1.54) is 0 Å². The minimum Gasteiger partial charge on any atom is -0.533 e. The van der Waals surface area contributed by atoms with Gasteiger partial charge in [-0.15, -0.1) is 0 Å². The van der Waals surface area contributed by atoms with Gasteiger partial charge in [-0.1, -0.05) is 0 Å². The highest BCUT2D eigenvalue weighted by Gasteiger charge is 2.33. The second-order valence-corrected chi connectivity index (χ2v) is 21.5. The van der Waals surface area contributed by atoms with Crippen LogP contribution in [0.1, 0.15) is 0 Å². The Balaban J connectivity index is 2.92. The van der Waals surface area contributed by atoms with E-state index in [0.717, 1.165) is 0 Å². The summed E-state index contributed by atoms with van der Waals surface area (Å²) >= 11 is 0. The second-order valence-electron chi connectivity index (χ2n) is 8.19. The van der Waals surface area contributed by atoms with Crippen LogP contribution in [0, 0.1) is 0 Å². The van der Waals surface area contributed by atoms with Crippen molar-refractivity contribution in [2.24, 2.45) is 9.98 Å². The Morgan fingerprint density at radius 3 is 1.76 bits per heavy atom. The van der Waals surface area contributed by atoms with Gasteiger partial charge in [0.05, 0.1) is 0 Å². The molecule has 0 saturated carbocycles. The molecule has 0 spiro atoms. The molecule has 0 amide bonds. The van der Waals surface area contributed by atoms with Crippen LogP contribution < -0.4 is 0 Å². The number of hydrogen-bond donors (Lipinski definition) is 0. The van der Waals surface area contributed by atoms with Crippen molar-refractivity contribution in [3.8, 4) is 0 Å². The summed E-state index contributed by atoms with van der Waals surface area (Å²) < 4.78 is 18.2. The zero-order valence-corrected chi connectivity index (χ0v) is 17.9. The molecule has 0 fully saturated rings. The molecule has 0 N–H and O–H groups in total. The lowest BCUT2D eigenvalue weighted by Gasteiger charge is -2.32. The molecule has 0 aromatic carbocycles. The third kappa shape index (κ3) is 7.93. The van der Waals surface area contributed by atoms with Crippen LogP contribution >= 0.6 is 0 Å². The van der Waals surface area contributed by atoms with E-state index in [-0.39, 0.29) is 0 Å². The maximum Gasteiger partial charge on any atom is 0.244 e. The van der Waals surface area contributed by atoms with Crippen LogP contribution in [0.3, 0.4) is 0 Å². The molecule has 21 heavy (non-hydrogen) atoms. The number of rotatable bonds is 4. The van der Waals surface area contributed by atoms with Gasteiger partial charge in [0, 0.05) is 0 Å². The summed E-state index contributed by atoms with van der Waals surface area (Å²) in [4.78, 5) is 9.17. The van der Waals surface area contributed by atoms with Crippen LogP contribution in [-0.4, -0.2) is 49.5 Å². The maximum absolute atomic E-state index is 6.14. The molecular formula is C13H30N2O3Si3. The summed E-state index contributed by atoms with van der Waals surface area (Å²) in [6.45, 7) is 19.7. The summed E-state index contributed by atoms with van der Waals surface area (Å²) in [6, 6.07) is 0. The highest BCUT2D eigenvalue weighted by molar-refractivity contribution is 6.72. The Hall–Kier alpha value is -0.449. The summed E-state index contributed by atoms with van der Waals surface area (Å²) in [5, 5.41) is 0. The van der Waals surface area contributed by atoms with E-state index in [2.05, 4.69) is 68.9 Å². The molecule has 1 aliphatic rings. The Labute approximate surface area is 132 Å². The largest absolute Gasteiger partial charge is 0.533 e. The van der Waals surface area contributed by atoms with Crippen LogP contribution in [0.5, 0.6) is 0 Å². The monoisotopic (exact) mass is 346 g/mol. The molecule has 0 radical (unpaired) electrons. The molecule has 1 aliphatic heterocycles. The molecule has 5 nitrogen and oxygen atoms in total. The Kier molecular flexibility index (Phi) is 5.62. The first kappa shape index (κ1) is 18.6. The molecule has 8 heteroatoms. The minimum absolute atomic E-state index is 0.441. The van der Waals surface area contributed by atoms with Crippen molar-refractivity contribution in [3.05, 3.63) is 0 Å². The lowest BCUT2D eigenvalue weighted by Crippen LogP contribution is -2.44. The van der Waals surface area contributed by atoms with Gasteiger partial charge in [0.2, 0.25) is 28.8 Å². The van der Waals surface area contributed by atoms with Gasteiger partial charge in [0.15, 0.2) is 14.2 Å². The summed E-state index contributed by atoms with van der Waals surface area (Å²) in [5.74, 6) is 1.31. The maximum atomic E-state index is 6.14. The zero-order valence-electron chi connectivity index (χ0n) is 14.9. The Morgan fingerprint density at radius 1 is 0.810 bits per heavy atom. The van der Waals surface area contributed by atoms with Crippen LogP contribution in [-0.2, 0) is 13.3 Å². The summed E-state index contributed by atoms with van der Waals surface area (Å²) in [5.41, 5.74) is 0. The van der Waals surface area contributed by atoms with E-state index in [1.54, 1.807) is 0 Å². The predicted octanol–water partition coefficient (Wildman–Crippen LogP) is 3.68. The van der Waals surface area contributed by atoms with E-state index < -0.39 is 31.2 Å². The fraction of sp³-hybridized carbons (Fsp3) is 0.846. The van der Waals surface area contributed by atoms with Crippen LogP contribution in [0.4, 0.5) is 0 Å². The van der Waals surface area contributed by atoms with Crippen molar-refractivity contribution in [1.29, 1.82) is 0 Å². The van der Waals surface area contributed by atoms with E-state index in [4.69, 9.17) is 13.3 Å². The lowest BCUT2D eigenvalue weighted by atomic mass is 10.5.